The van der Waals surface area contributed by atoms with E-state index in [0.29, 0.717) is 38.6 Å². The van der Waals surface area contributed by atoms with Gasteiger partial charge >= 0.3 is 0 Å². The molecule has 31 heavy (non-hydrogen) atoms. The van der Waals surface area contributed by atoms with Crippen LogP contribution in [0.3, 0.4) is 0 Å². The van der Waals surface area contributed by atoms with E-state index in [9.17, 15) is 14.9 Å². The van der Waals surface area contributed by atoms with Crippen molar-refractivity contribution in [1.29, 1.82) is 0 Å². The van der Waals surface area contributed by atoms with Gasteiger partial charge in [0.2, 0.25) is 0 Å². The van der Waals surface area contributed by atoms with Crippen LogP contribution >= 0.6 is 27.7 Å². The lowest BCUT2D eigenvalue weighted by Gasteiger charge is -2.05. The van der Waals surface area contributed by atoms with E-state index in [1.54, 1.807) is 24.3 Å². The van der Waals surface area contributed by atoms with E-state index in [1.165, 1.54) is 31.0 Å². The fraction of sp³-hybridized carbons (Fsp3) is 0.0476. The van der Waals surface area contributed by atoms with Gasteiger partial charge < -0.3 is 14.5 Å². The van der Waals surface area contributed by atoms with Crippen molar-refractivity contribution in [2.45, 2.75) is 0 Å². The Bertz CT molecular complexity index is 1250. The number of nitrogens with one attached hydrogen (secondary N) is 1. The number of hydrogen-bond donors (Lipinski definition) is 1. The lowest BCUT2D eigenvalue weighted by molar-refractivity contribution is -0.384. The van der Waals surface area contributed by atoms with E-state index < -0.39 is 4.92 Å². The summed E-state index contributed by atoms with van der Waals surface area (Å²) in [6.07, 6.45) is 1.62. The van der Waals surface area contributed by atoms with Crippen molar-refractivity contribution in [2.75, 3.05) is 7.11 Å². The normalized spacial score (nSPS) is 16.0. The quantitative estimate of drug-likeness (QED) is 0.281. The van der Waals surface area contributed by atoms with Crippen LogP contribution in [0.15, 0.2) is 73.4 Å². The van der Waals surface area contributed by atoms with Gasteiger partial charge in [-0.2, -0.15) is 0 Å². The van der Waals surface area contributed by atoms with Crippen LogP contribution in [-0.4, -0.2) is 23.1 Å². The highest BCUT2D eigenvalue weighted by Gasteiger charge is 2.24. The molecule has 0 bridgehead atoms. The minimum absolute atomic E-state index is 0.0780. The second-order valence-electron chi connectivity index (χ2n) is 6.31. The molecular formula is C21H14BrN3O5S. The Morgan fingerprint density at radius 2 is 2.06 bits per heavy atom. The standard InChI is InChI=1S/C21H14BrN3O5S/c1-29-18-10-14(25(27)28)5-7-16(18)17-8-6-15(30-17)11-19-20(26)24-21(31-19)23-13-4-2-3-12(22)9-13/h2-11H,1H3,(H,23,24,26). The largest absolute Gasteiger partial charge is 0.496 e. The minimum Gasteiger partial charge on any atom is -0.496 e. The summed E-state index contributed by atoms with van der Waals surface area (Å²) in [5.41, 5.74) is 1.20. The number of aliphatic imine (C=N–C) groups is 1. The molecule has 0 spiro atoms. The van der Waals surface area contributed by atoms with Gasteiger partial charge in [-0.3, -0.25) is 14.9 Å². The summed E-state index contributed by atoms with van der Waals surface area (Å²) in [6.45, 7) is 0. The first kappa shape index (κ1) is 20.9. The summed E-state index contributed by atoms with van der Waals surface area (Å²) in [6, 6.07) is 15.1. The first-order chi connectivity index (χ1) is 14.9. The number of non-ortho nitro benzene ring substituents is 1. The molecule has 4 rings (SSSR count). The number of benzene rings is 2. The van der Waals surface area contributed by atoms with Crippen molar-refractivity contribution >= 4 is 56.2 Å². The Morgan fingerprint density at radius 1 is 1.23 bits per heavy atom. The van der Waals surface area contributed by atoms with Gasteiger partial charge in [0.05, 0.1) is 34.3 Å². The second-order valence-corrected chi connectivity index (χ2v) is 8.25. The molecule has 1 aliphatic rings. The molecule has 0 saturated carbocycles. The first-order valence-electron chi connectivity index (χ1n) is 8.91. The Labute approximate surface area is 189 Å². The van der Waals surface area contributed by atoms with Crippen LogP contribution in [0.25, 0.3) is 17.4 Å². The smallest absolute Gasteiger partial charge is 0.273 e. The predicted molar refractivity (Wildman–Crippen MR) is 122 cm³/mol. The number of methoxy groups -OCH3 is 1. The fourth-order valence-corrected chi connectivity index (χ4v) is 4.05. The number of thioether (sulfide) groups is 1. The average Bonchev–Trinajstić information content (AvgIpc) is 3.34. The number of amidine groups is 1. The van der Waals surface area contributed by atoms with Crippen LogP contribution in [0.4, 0.5) is 11.4 Å². The third-order valence-corrected chi connectivity index (χ3v) is 5.65. The van der Waals surface area contributed by atoms with Crippen LogP contribution in [0.2, 0.25) is 0 Å². The Kier molecular flexibility index (Phi) is 5.92. The number of rotatable bonds is 5. The Hall–Kier alpha value is -3.37. The number of amides is 1. The van der Waals surface area contributed by atoms with Crippen molar-refractivity contribution in [3.05, 3.63) is 79.8 Å². The van der Waals surface area contributed by atoms with E-state index >= 15 is 0 Å². The lowest BCUT2D eigenvalue weighted by Crippen LogP contribution is -2.19. The van der Waals surface area contributed by atoms with Gasteiger partial charge in [-0.05, 0) is 48.2 Å². The summed E-state index contributed by atoms with van der Waals surface area (Å²) in [5.74, 6) is 0.964. The molecule has 10 heteroatoms. The van der Waals surface area contributed by atoms with Gasteiger partial charge in [0.1, 0.15) is 17.3 Å². The summed E-state index contributed by atoms with van der Waals surface area (Å²) in [7, 11) is 1.43. The first-order valence-corrected chi connectivity index (χ1v) is 10.5. The van der Waals surface area contributed by atoms with Crippen LogP contribution in [0, 0.1) is 10.1 Å². The number of furan rings is 1. The zero-order valence-corrected chi connectivity index (χ0v) is 18.4. The van der Waals surface area contributed by atoms with E-state index in [-0.39, 0.29) is 11.6 Å². The van der Waals surface area contributed by atoms with Crippen LogP contribution in [-0.2, 0) is 4.79 Å². The number of nitrogens with zero attached hydrogens (tertiary/aromatic N) is 2. The van der Waals surface area contributed by atoms with Crippen molar-refractivity contribution in [1.82, 2.24) is 5.32 Å². The zero-order chi connectivity index (χ0) is 22.0. The van der Waals surface area contributed by atoms with Crippen LogP contribution in [0.5, 0.6) is 5.75 Å². The minimum atomic E-state index is -0.493. The van der Waals surface area contributed by atoms with Crippen molar-refractivity contribution in [2.24, 2.45) is 4.99 Å². The molecule has 1 fully saturated rings. The van der Waals surface area contributed by atoms with E-state index in [0.717, 1.165) is 4.47 Å². The van der Waals surface area contributed by atoms with Gasteiger partial charge in [-0.25, -0.2) is 4.99 Å². The molecule has 2 aromatic carbocycles. The highest BCUT2D eigenvalue weighted by atomic mass is 79.9. The molecule has 3 aromatic rings. The number of nitro benzene ring substituents is 1. The number of carbonyl (C=O) groups is 1. The molecule has 0 atom stereocenters. The second kappa shape index (κ2) is 8.78. The number of hydrogen-bond acceptors (Lipinski definition) is 7. The molecule has 1 aromatic heterocycles. The summed E-state index contributed by atoms with van der Waals surface area (Å²) in [4.78, 5) is 27.7. The molecule has 1 amide bonds. The van der Waals surface area contributed by atoms with Gasteiger partial charge in [0, 0.05) is 16.6 Å². The number of ether oxygens (including phenoxy) is 1. The molecule has 156 valence electrons. The van der Waals surface area contributed by atoms with E-state index in [4.69, 9.17) is 9.15 Å². The van der Waals surface area contributed by atoms with Crippen molar-refractivity contribution in [3.63, 3.8) is 0 Å². The van der Waals surface area contributed by atoms with Crippen molar-refractivity contribution in [3.8, 4) is 17.1 Å². The lowest BCUT2D eigenvalue weighted by atomic mass is 10.1. The maximum Gasteiger partial charge on any atom is 0.273 e. The molecule has 0 unspecified atom stereocenters. The molecule has 1 saturated heterocycles. The summed E-state index contributed by atoms with van der Waals surface area (Å²) in [5, 5.41) is 14.2. The topological polar surface area (TPSA) is 107 Å². The zero-order valence-electron chi connectivity index (χ0n) is 16.0. The molecule has 1 aliphatic heterocycles. The molecule has 0 radical (unpaired) electrons. The molecule has 1 N–H and O–H groups in total. The highest BCUT2D eigenvalue weighted by molar-refractivity contribution is 9.10. The Balaban J connectivity index is 1.57. The van der Waals surface area contributed by atoms with Gasteiger partial charge in [0.25, 0.3) is 11.6 Å². The van der Waals surface area contributed by atoms with E-state index in [1.807, 2.05) is 24.3 Å². The number of carbonyl (C=O) groups excluding carboxylic acids is 1. The van der Waals surface area contributed by atoms with Crippen LogP contribution < -0.4 is 10.1 Å². The number of halogens is 1. The van der Waals surface area contributed by atoms with Gasteiger partial charge in [0.15, 0.2) is 5.17 Å². The molecule has 2 heterocycles. The predicted octanol–water partition coefficient (Wildman–Crippen LogP) is 5.52. The van der Waals surface area contributed by atoms with Gasteiger partial charge in [-0.15, -0.1) is 0 Å². The average molecular weight is 500 g/mol. The molecule has 8 nitrogen and oxygen atoms in total. The summed E-state index contributed by atoms with van der Waals surface area (Å²) < 4.78 is 12.0. The molecule has 0 aliphatic carbocycles. The van der Waals surface area contributed by atoms with Gasteiger partial charge in [-0.1, -0.05) is 22.0 Å². The van der Waals surface area contributed by atoms with Crippen molar-refractivity contribution < 1.29 is 18.9 Å². The number of nitro groups is 1. The summed E-state index contributed by atoms with van der Waals surface area (Å²) >= 11 is 4.60. The third kappa shape index (κ3) is 4.70. The fourth-order valence-electron chi connectivity index (χ4n) is 2.84. The maximum atomic E-state index is 12.3. The Morgan fingerprint density at radius 3 is 2.81 bits per heavy atom. The highest BCUT2D eigenvalue weighted by Crippen LogP contribution is 2.35. The van der Waals surface area contributed by atoms with E-state index in [2.05, 4.69) is 26.2 Å². The molecular weight excluding hydrogens is 486 g/mol. The monoisotopic (exact) mass is 499 g/mol. The third-order valence-electron chi connectivity index (χ3n) is 4.25. The maximum absolute atomic E-state index is 12.3. The SMILES string of the molecule is COc1cc([N+](=O)[O-])ccc1-c1ccc(C=C2SC(=Nc3cccc(Br)c3)NC2=O)o1. The van der Waals surface area contributed by atoms with Crippen LogP contribution in [0.1, 0.15) is 5.76 Å².